The Morgan fingerprint density at radius 1 is 0.973 bits per heavy atom. The maximum Gasteiger partial charge on any atom is 0.258 e. The van der Waals surface area contributed by atoms with Crippen molar-refractivity contribution in [1.29, 1.82) is 0 Å². The summed E-state index contributed by atoms with van der Waals surface area (Å²) in [7, 11) is 4.20. The summed E-state index contributed by atoms with van der Waals surface area (Å²) in [6.45, 7) is 5.67. The van der Waals surface area contributed by atoms with Gasteiger partial charge in [-0.25, -0.2) is 4.98 Å². The van der Waals surface area contributed by atoms with E-state index < -0.39 is 0 Å². The van der Waals surface area contributed by atoms with Crippen LogP contribution >= 0.6 is 11.6 Å². The molecule has 3 aromatic rings. The van der Waals surface area contributed by atoms with E-state index in [1.54, 1.807) is 12.1 Å². The number of aromatic nitrogens is 3. The van der Waals surface area contributed by atoms with E-state index in [1.165, 1.54) is 6.42 Å². The van der Waals surface area contributed by atoms with Crippen LogP contribution in [0.5, 0.6) is 5.75 Å². The molecule has 1 aromatic carbocycles. The number of amides is 1. The molecule has 9 nitrogen and oxygen atoms in total. The summed E-state index contributed by atoms with van der Waals surface area (Å²) in [5.41, 5.74) is 2.21. The van der Waals surface area contributed by atoms with E-state index in [4.69, 9.17) is 26.4 Å². The minimum absolute atomic E-state index is 0.0636. The lowest BCUT2D eigenvalue weighted by molar-refractivity contribution is 0.0601. The second kappa shape index (κ2) is 10.0. The van der Waals surface area contributed by atoms with Gasteiger partial charge in [0.1, 0.15) is 24.0 Å². The summed E-state index contributed by atoms with van der Waals surface area (Å²) in [6.07, 6.45) is 4.07. The number of halogens is 1. The number of piperidine rings is 1. The smallest absolute Gasteiger partial charge is 0.258 e. The van der Waals surface area contributed by atoms with Gasteiger partial charge < -0.3 is 24.3 Å². The van der Waals surface area contributed by atoms with Gasteiger partial charge in [0, 0.05) is 63.5 Å². The first-order valence-electron chi connectivity index (χ1n) is 13.3. The maximum atomic E-state index is 14.0. The Bertz CT molecular complexity index is 1310. The molecule has 2 fully saturated rings. The summed E-state index contributed by atoms with van der Waals surface area (Å²) in [4.78, 5) is 27.7. The van der Waals surface area contributed by atoms with Gasteiger partial charge in [0.25, 0.3) is 5.91 Å². The van der Waals surface area contributed by atoms with Crippen LogP contribution in [0.25, 0.3) is 5.65 Å². The summed E-state index contributed by atoms with van der Waals surface area (Å²) in [5, 5.41) is 5.59. The summed E-state index contributed by atoms with van der Waals surface area (Å²) >= 11 is 6.34. The van der Waals surface area contributed by atoms with Gasteiger partial charge in [-0.3, -0.25) is 4.79 Å². The number of hydrogen-bond donors (Lipinski definition) is 0. The molecule has 2 bridgehead atoms. The Balaban J connectivity index is 1.46. The molecule has 0 spiro atoms. The summed E-state index contributed by atoms with van der Waals surface area (Å²) < 4.78 is 8.09. The summed E-state index contributed by atoms with van der Waals surface area (Å²) in [6, 6.07) is 9.41. The van der Waals surface area contributed by atoms with Crippen molar-refractivity contribution >= 4 is 34.8 Å². The van der Waals surface area contributed by atoms with E-state index in [1.807, 2.05) is 15.5 Å². The highest BCUT2D eigenvalue weighted by atomic mass is 35.5. The molecule has 2 saturated heterocycles. The van der Waals surface area contributed by atoms with Crippen molar-refractivity contribution in [3.63, 3.8) is 0 Å². The first kappa shape index (κ1) is 24.3. The molecule has 0 radical (unpaired) electrons. The molecule has 37 heavy (non-hydrogen) atoms. The SMILES string of the molecule is CN1CCOc2ccc(Cl)cc2C(=O)N2CCCC[C@H]2c2cc3nc(N4CCC4)cc(n3n2)N(C)CC1. The molecule has 1 amide bonds. The number of anilines is 2. The minimum atomic E-state index is -0.126. The fraction of sp³-hybridized carbons (Fsp3) is 0.519. The lowest BCUT2D eigenvalue weighted by Gasteiger charge is -2.35. The molecule has 0 N–H and O–H groups in total. The minimum Gasteiger partial charge on any atom is -0.491 e. The molecule has 0 unspecified atom stereocenters. The highest BCUT2D eigenvalue weighted by molar-refractivity contribution is 6.31. The number of benzene rings is 1. The van der Waals surface area contributed by atoms with Crippen LogP contribution in [0.3, 0.4) is 0 Å². The molecule has 0 aliphatic carbocycles. The van der Waals surface area contributed by atoms with Crippen molar-refractivity contribution < 1.29 is 9.53 Å². The third-order valence-corrected chi connectivity index (χ3v) is 8.04. The van der Waals surface area contributed by atoms with E-state index in [9.17, 15) is 4.79 Å². The first-order chi connectivity index (χ1) is 18.0. The molecule has 196 valence electrons. The van der Waals surface area contributed by atoms with Gasteiger partial charge in [-0.2, -0.15) is 9.61 Å². The van der Waals surface area contributed by atoms with E-state index >= 15 is 0 Å². The fourth-order valence-electron chi connectivity index (χ4n) is 5.40. The largest absolute Gasteiger partial charge is 0.491 e. The number of nitrogens with zero attached hydrogens (tertiary/aromatic N) is 7. The number of rotatable bonds is 1. The third-order valence-electron chi connectivity index (χ3n) is 7.81. The number of fused-ring (bicyclic) bond motifs is 4. The Morgan fingerprint density at radius 3 is 2.65 bits per heavy atom. The molecule has 2 aromatic heterocycles. The van der Waals surface area contributed by atoms with Crippen LogP contribution in [0, 0.1) is 0 Å². The standard InChI is InChI=1S/C27H34ClN7O2/c1-31-12-13-32(2)26-18-24(33-9-5-10-33)29-25-17-21(30-35(25)26)22-6-3-4-11-34(22)27(36)20-16-19(28)7-8-23(20)37-15-14-31/h7-8,16-18,22H,3-6,9-15H2,1-2H3/t22-/m0/s1. The number of likely N-dealkylation sites (N-methyl/N-ethyl adjacent to an activating group) is 2. The van der Waals surface area contributed by atoms with Crippen LogP contribution < -0.4 is 14.5 Å². The van der Waals surface area contributed by atoms with E-state index in [0.29, 0.717) is 29.5 Å². The van der Waals surface area contributed by atoms with Crippen LogP contribution in [0.4, 0.5) is 11.6 Å². The number of ether oxygens (including phenoxy) is 1. The molecule has 6 rings (SSSR count). The van der Waals surface area contributed by atoms with Crippen LogP contribution in [-0.2, 0) is 0 Å². The zero-order valence-electron chi connectivity index (χ0n) is 21.6. The van der Waals surface area contributed by atoms with Crippen molar-refractivity contribution in [1.82, 2.24) is 24.4 Å². The molecular weight excluding hydrogens is 490 g/mol. The molecule has 1 atom stereocenters. The van der Waals surface area contributed by atoms with Crippen molar-refractivity contribution in [3.8, 4) is 5.75 Å². The van der Waals surface area contributed by atoms with Crippen LogP contribution in [0.2, 0.25) is 5.02 Å². The van der Waals surface area contributed by atoms with E-state index in [2.05, 4.69) is 40.9 Å². The predicted molar refractivity (Wildman–Crippen MR) is 145 cm³/mol. The summed E-state index contributed by atoms with van der Waals surface area (Å²) in [5.74, 6) is 2.52. The van der Waals surface area contributed by atoms with Crippen LogP contribution in [-0.4, -0.2) is 90.3 Å². The van der Waals surface area contributed by atoms with Crippen molar-refractivity contribution in [2.75, 3.05) is 69.8 Å². The molecule has 0 saturated carbocycles. The Labute approximate surface area is 222 Å². The lowest BCUT2D eigenvalue weighted by atomic mass is 9.98. The highest BCUT2D eigenvalue weighted by Crippen LogP contribution is 2.35. The Kier molecular flexibility index (Phi) is 6.58. The fourth-order valence-corrected chi connectivity index (χ4v) is 5.57. The molecule has 3 aliphatic heterocycles. The molecule has 10 heteroatoms. The second-order valence-electron chi connectivity index (χ2n) is 10.4. The van der Waals surface area contributed by atoms with E-state index in [-0.39, 0.29) is 11.9 Å². The average Bonchev–Trinajstić information content (AvgIpc) is 3.30. The topological polar surface area (TPSA) is 69.5 Å². The Hall–Kier alpha value is -3.04. The van der Waals surface area contributed by atoms with Crippen LogP contribution in [0.1, 0.15) is 47.8 Å². The second-order valence-corrected chi connectivity index (χ2v) is 10.8. The Morgan fingerprint density at radius 2 is 1.84 bits per heavy atom. The third kappa shape index (κ3) is 4.70. The maximum absolute atomic E-state index is 14.0. The number of hydrogen-bond acceptors (Lipinski definition) is 7. The highest BCUT2D eigenvalue weighted by Gasteiger charge is 2.33. The van der Waals surface area contributed by atoms with Gasteiger partial charge in [-0.05, 0) is 50.9 Å². The number of carbonyl (C=O) groups is 1. The van der Waals surface area contributed by atoms with Gasteiger partial charge in [-0.15, -0.1) is 0 Å². The van der Waals surface area contributed by atoms with Crippen molar-refractivity contribution in [2.24, 2.45) is 0 Å². The number of carbonyl (C=O) groups excluding carboxylic acids is 1. The zero-order chi connectivity index (χ0) is 25.5. The normalized spacial score (nSPS) is 21.5. The van der Waals surface area contributed by atoms with Gasteiger partial charge in [0.15, 0.2) is 5.65 Å². The van der Waals surface area contributed by atoms with Gasteiger partial charge in [-0.1, -0.05) is 11.6 Å². The lowest BCUT2D eigenvalue weighted by Crippen LogP contribution is -2.39. The van der Waals surface area contributed by atoms with Crippen molar-refractivity contribution in [2.45, 2.75) is 31.7 Å². The van der Waals surface area contributed by atoms with Gasteiger partial charge in [0.2, 0.25) is 0 Å². The van der Waals surface area contributed by atoms with E-state index in [0.717, 1.165) is 75.0 Å². The predicted octanol–water partition coefficient (Wildman–Crippen LogP) is 3.72. The molecular formula is C27H34ClN7O2. The molecule has 3 aliphatic rings. The molecule has 5 heterocycles. The van der Waals surface area contributed by atoms with Gasteiger partial charge >= 0.3 is 0 Å². The zero-order valence-corrected chi connectivity index (χ0v) is 22.3. The van der Waals surface area contributed by atoms with Crippen LogP contribution in [0.15, 0.2) is 30.3 Å². The first-order valence-corrected chi connectivity index (χ1v) is 13.6. The average molecular weight is 524 g/mol. The monoisotopic (exact) mass is 523 g/mol. The quantitative estimate of drug-likeness (QED) is 0.481. The van der Waals surface area contributed by atoms with Gasteiger partial charge in [0.05, 0.1) is 17.3 Å². The van der Waals surface area contributed by atoms with Crippen molar-refractivity contribution in [3.05, 3.63) is 46.6 Å².